The monoisotopic (exact) mass is 319 g/mol. The minimum absolute atomic E-state index is 0.394. The molecule has 0 aliphatic rings. The van der Waals surface area contributed by atoms with Crippen molar-refractivity contribution in [2.75, 3.05) is 0 Å². The Kier molecular flexibility index (Phi) is 4.52. The summed E-state index contributed by atoms with van der Waals surface area (Å²) in [4.78, 5) is 12.0. The number of aromatic nitrogens is 1. The van der Waals surface area contributed by atoms with Gasteiger partial charge in [-0.3, -0.25) is 0 Å². The van der Waals surface area contributed by atoms with Crippen LogP contribution in [0.25, 0.3) is 11.3 Å². The van der Waals surface area contributed by atoms with E-state index in [0.29, 0.717) is 17.0 Å². The molecule has 0 amide bonds. The summed E-state index contributed by atoms with van der Waals surface area (Å²) >= 11 is 0. The molecule has 0 atom stereocenters. The molecular weight excluding hydrogens is 302 g/mol. The third-order valence-electron chi connectivity index (χ3n) is 3.67. The second-order valence-corrected chi connectivity index (χ2v) is 5.34. The number of nitrogens with zero attached hydrogens (tertiary/aromatic N) is 2. The van der Waals surface area contributed by atoms with E-state index in [1.54, 1.807) is 6.92 Å². The van der Waals surface area contributed by atoms with Crippen LogP contribution in [0.15, 0.2) is 80.2 Å². The molecule has 2 aromatic carbocycles. The summed E-state index contributed by atoms with van der Waals surface area (Å²) in [5.41, 5.74) is 3.66. The Morgan fingerprint density at radius 2 is 1.46 bits per heavy atom. The average molecular weight is 319 g/mol. The van der Waals surface area contributed by atoms with Gasteiger partial charge >= 0.3 is 5.63 Å². The zero-order valence-corrected chi connectivity index (χ0v) is 13.5. The predicted molar refractivity (Wildman–Crippen MR) is 95.6 cm³/mol. The van der Waals surface area contributed by atoms with Crippen LogP contribution in [0, 0.1) is 0 Å². The fraction of sp³-hybridized carbons (Fsp3) is 0.105. The number of rotatable bonds is 4. The van der Waals surface area contributed by atoms with Crippen LogP contribution in [-0.4, -0.2) is 16.6 Å². The molecule has 0 bridgehead atoms. The molecule has 5 heteroatoms. The molecule has 120 valence electrons. The minimum atomic E-state index is -0.456. The highest BCUT2D eigenvalue weighted by Crippen LogP contribution is 2.19. The quantitative estimate of drug-likeness (QED) is 0.586. The lowest BCUT2D eigenvalue weighted by Crippen LogP contribution is -2.09. The summed E-state index contributed by atoms with van der Waals surface area (Å²) in [5, 5.41) is 11.1. The molecule has 0 aliphatic carbocycles. The zero-order valence-electron chi connectivity index (χ0n) is 13.5. The summed E-state index contributed by atoms with van der Waals surface area (Å²) in [6.45, 7) is 3.62. The van der Waals surface area contributed by atoms with Gasteiger partial charge in [0.2, 0.25) is 0 Å². The lowest BCUT2D eigenvalue weighted by molar-refractivity contribution is 0.393. The van der Waals surface area contributed by atoms with Gasteiger partial charge in [-0.1, -0.05) is 60.7 Å². The van der Waals surface area contributed by atoms with Gasteiger partial charge in [0.15, 0.2) is 0 Å². The number of benzene rings is 2. The van der Waals surface area contributed by atoms with E-state index in [1.807, 2.05) is 67.6 Å². The highest BCUT2D eigenvalue weighted by molar-refractivity contribution is 6.04. The number of aromatic amines is 1. The maximum absolute atomic E-state index is 12.0. The topological polar surface area (TPSA) is 70.7 Å². The molecule has 1 aromatic heterocycles. The van der Waals surface area contributed by atoms with Crippen LogP contribution in [0.3, 0.4) is 0 Å². The second kappa shape index (κ2) is 6.91. The summed E-state index contributed by atoms with van der Waals surface area (Å²) < 4.78 is 4.95. The van der Waals surface area contributed by atoms with Crippen LogP contribution in [0.2, 0.25) is 0 Å². The van der Waals surface area contributed by atoms with E-state index in [4.69, 9.17) is 4.52 Å². The molecule has 0 aliphatic heterocycles. The second-order valence-electron chi connectivity index (χ2n) is 5.34. The maximum Gasteiger partial charge on any atom is 0.366 e. The first kappa shape index (κ1) is 15.7. The van der Waals surface area contributed by atoms with E-state index in [9.17, 15) is 4.79 Å². The number of nitrogens with one attached hydrogen (secondary N) is 1. The Morgan fingerprint density at radius 3 is 2.12 bits per heavy atom. The average Bonchev–Trinajstić information content (AvgIpc) is 3.02. The van der Waals surface area contributed by atoms with Crippen molar-refractivity contribution in [1.29, 1.82) is 0 Å². The van der Waals surface area contributed by atoms with Crippen LogP contribution >= 0.6 is 0 Å². The summed E-state index contributed by atoms with van der Waals surface area (Å²) in [7, 11) is 0. The van der Waals surface area contributed by atoms with E-state index in [0.717, 1.165) is 16.8 Å². The van der Waals surface area contributed by atoms with Crippen molar-refractivity contribution in [3.05, 3.63) is 82.2 Å². The zero-order chi connectivity index (χ0) is 16.9. The van der Waals surface area contributed by atoms with E-state index in [2.05, 4.69) is 15.4 Å². The Bertz CT molecular complexity index is 936. The Hall–Kier alpha value is -3.21. The van der Waals surface area contributed by atoms with E-state index >= 15 is 0 Å². The van der Waals surface area contributed by atoms with Crippen molar-refractivity contribution in [2.24, 2.45) is 10.2 Å². The van der Waals surface area contributed by atoms with Crippen LogP contribution < -0.4 is 5.63 Å². The summed E-state index contributed by atoms with van der Waals surface area (Å²) in [5.74, 6) is 0. The molecule has 0 radical (unpaired) electrons. The molecule has 0 saturated carbocycles. The molecule has 5 nitrogen and oxygen atoms in total. The molecule has 24 heavy (non-hydrogen) atoms. The standard InChI is InChI=1S/C19H17N3O2/c1-13(15-9-5-3-6-10-15)20-21-14(2)17-18(22-24-19(17)23)16-11-7-4-8-12-16/h3-12,22H,1-2H3/b20-13+,21-14+. The highest BCUT2D eigenvalue weighted by atomic mass is 16.5. The van der Waals surface area contributed by atoms with Crippen molar-refractivity contribution in [3.8, 4) is 11.3 Å². The van der Waals surface area contributed by atoms with E-state index < -0.39 is 5.63 Å². The third-order valence-corrected chi connectivity index (χ3v) is 3.67. The van der Waals surface area contributed by atoms with Gasteiger partial charge in [0, 0.05) is 5.56 Å². The van der Waals surface area contributed by atoms with Crippen LogP contribution in [0.4, 0.5) is 0 Å². The van der Waals surface area contributed by atoms with Crippen LogP contribution in [0.5, 0.6) is 0 Å². The fourth-order valence-corrected chi connectivity index (χ4v) is 2.38. The Balaban J connectivity index is 1.98. The van der Waals surface area contributed by atoms with Gasteiger partial charge in [-0.15, -0.1) is 0 Å². The van der Waals surface area contributed by atoms with Gasteiger partial charge in [0.1, 0.15) is 5.56 Å². The molecule has 1 heterocycles. The smallest absolute Gasteiger partial charge is 0.338 e. The maximum atomic E-state index is 12.0. The van der Waals surface area contributed by atoms with Gasteiger partial charge in [0.05, 0.1) is 17.1 Å². The molecule has 0 spiro atoms. The molecular formula is C19H17N3O2. The van der Waals surface area contributed by atoms with Gasteiger partial charge < -0.3 is 4.52 Å². The first-order chi connectivity index (χ1) is 11.7. The predicted octanol–water partition coefficient (Wildman–Crippen LogP) is 3.87. The lowest BCUT2D eigenvalue weighted by atomic mass is 10.1. The van der Waals surface area contributed by atoms with Crippen molar-refractivity contribution in [2.45, 2.75) is 13.8 Å². The van der Waals surface area contributed by atoms with Crippen LogP contribution in [0.1, 0.15) is 25.0 Å². The SMILES string of the molecule is C/C(=N\N=C(/C)c1c(-c2ccccc2)[nH]oc1=O)c1ccccc1. The summed E-state index contributed by atoms with van der Waals surface area (Å²) in [6, 6.07) is 19.3. The minimum Gasteiger partial charge on any atom is -0.338 e. The highest BCUT2D eigenvalue weighted by Gasteiger charge is 2.16. The van der Waals surface area contributed by atoms with E-state index in [-0.39, 0.29) is 0 Å². The fourth-order valence-electron chi connectivity index (χ4n) is 2.38. The first-order valence-corrected chi connectivity index (χ1v) is 7.58. The van der Waals surface area contributed by atoms with Gasteiger partial charge in [-0.25, -0.2) is 9.95 Å². The molecule has 0 saturated heterocycles. The first-order valence-electron chi connectivity index (χ1n) is 7.58. The van der Waals surface area contributed by atoms with Crippen molar-refractivity contribution < 1.29 is 4.52 Å². The van der Waals surface area contributed by atoms with Crippen molar-refractivity contribution in [1.82, 2.24) is 5.16 Å². The molecule has 1 N–H and O–H groups in total. The normalized spacial score (nSPS) is 12.4. The number of hydrogen-bond donors (Lipinski definition) is 1. The molecule has 0 fully saturated rings. The molecule has 3 aromatic rings. The number of hydrogen-bond acceptors (Lipinski definition) is 4. The lowest BCUT2D eigenvalue weighted by Gasteiger charge is -2.01. The van der Waals surface area contributed by atoms with Gasteiger partial charge in [-0.2, -0.15) is 10.2 Å². The van der Waals surface area contributed by atoms with Gasteiger partial charge in [-0.05, 0) is 19.4 Å². The largest absolute Gasteiger partial charge is 0.366 e. The van der Waals surface area contributed by atoms with Gasteiger partial charge in [0.25, 0.3) is 0 Å². The third kappa shape index (κ3) is 3.25. The molecule has 3 rings (SSSR count). The van der Waals surface area contributed by atoms with Crippen LogP contribution in [-0.2, 0) is 0 Å². The van der Waals surface area contributed by atoms with Crippen molar-refractivity contribution >= 4 is 11.4 Å². The van der Waals surface area contributed by atoms with E-state index in [1.165, 1.54) is 0 Å². The molecule has 0 unspecified atom stereocenters. The summed E-state index contributed by atoms with van der Waals surface area (Å²) in [6.07, 6.45) is 0. The van der Waals surface area contributed by atoms with Crippen molar-refractivity contribution in [3.63, 3.8) is 0 Å². The number of H-pyrrole nitrogens is 1. The Labute approximate surface area is 139 Å². The Morgan fingerprint density at radius 1 is 0.875 bits per heavy atom.